The first-order valence-electron chi connectivity index (χ1n) is 11.1. The van der Waals surface area contributed by atoms with Crippen LogP contribution in [0, 0.1) is 19.8 Å². The van der Waals surface area contributed by atoms with E-state index in [9.17, 15) is 9.59 Å². The van der Waals surface area contributed by atoms with E-state index in [0.29, 0.717) is 24.7 Å². The summed E-state index contributed by atoms with van der Waals surface area (Å²) in [5.74, 6) is 0.752. The number of carbonyl (C=O) groups is 2. The number of nitrogens with zero attached hydrogens (tertiary/aromatic N) is 2. The van der Waals surface area contributed by atoms with E-state index in [-0.39, 0.29) is 38.6 Å². The second kappa shape index (κ2) is 11.2. The third-order valence-electron chi connectivity index (χ3n) is 7.01. The van der Waals surface area contributed by atoms with E-state index in [2.05, 4.69) is 43.9 Å². The molecule has 0 N–H and O–H groups in total. The van der Waals surface area contributed by atoms with E-state index in [1.54, 1.807) is 0 Å². The zero-order valence-corrected chi connectivity index (χ0v) is 21.4. The number of aryl methyl sites for hydroxylation is 2. The molecule has 0 bridgehead atoms. The van der Waals surface area contributed by atoms with Gasteiger partial charge in [0.2, 0.25) is 5.91 Å². The van der Waals surface area contributed by atoms with E-state index >= 15 is 0 Å². The van der Waals surface area contributed by atoms with Crippen molar-refractivity contribution in [3.05, 3.63) is 34.9 Å². The Hall–Kier alpha value is -0.576. The number of hydrogen-bond donors (Lipinski definition) is 0. The van der Waals surface area contributed by atoms with Crippen molar-refractivity contribution in [3.63, 3.8) is 0 Å². The molecule has 0 saturated carbocycles. The van der Waals surface area contributed by atoms with Gasteiger partial charge >= 0.3 is 0 Å². The summed E-state index contributed by atoms with van der Waals surface area (Å²) in [4.78, 5) is 28.2. The minimum atomic E-state index is 0. The summed E-state index contributed by atoms with van der Waals surface area (Å²) in [5, 5.41) is 0. The predicted molar refractivity (Wildman–Crippen MR) is 113 cm³/mol. The molecule has 2 heterocycles. The van der Waals surface area contributed by atoms with Gasteiger partial charge in [-0.25, -0.2) is 0 Å². The van der Waals surface area contributed by atoms with Crippen molar-refractivity contribution >= 4 is 11.7 Å². The van der Waals surface area contributed by atoms with Crippen LogP contribution >= 0.6 is 0 Å². The predicted octanol–water partition coefficient (Wildman–Crippen LogP) is 3.67. The second-order valence-electron chi connectivity index (χ2n) is 9.03. The average Bonchev–Trinajstić information content (AvgIpc) is 2.71. The van der Waals surface area contributed by atoms with Gasteiger partial charge in [0.15, 0.2) is 5.78 Å². The minimum absolute atomic E-state index is 0. The zero-order valence-electron chi connectivity index (χ0n) is 18.6. The van der Waals surface area contributed by atoms with Gasteiger partial charge < -0.3 is 9.38 Å². The molecule has 1 aromatic carbocycles. The van der Waals surface area contributed by atoms with E-state index < -0.39 is 0 Å². The monoisotopic (exact) mass is 474 g/mol. The number of hydrogen-bond acceptors (Lipinski definition) is 2. The van der Waals surface area contributed by atoms with Gasteiger partial charge in [-0.3, -0.25) is 9.59 Å². The molecule has 2 fully saturated rings. The van der Waals surface area contributed by atoms with E-state index in [1.165, 1.54) is 23.1 Å². The molecule has 0 aromatic heterocycles. The number of likely N-dealkylation sites (N-methyl/N-ethyl adjacent to an activating group) is 1. The Morgan fingerprint density at radius 3 is 2.34 bits per heavy atom. The van der Waals surface area contributed by atoms with Crippen molar-refractivity contribution < 1.29 is 46.8 Å². The first-order chi connectivity index (χ1) is 13.4. The van der Waals surface area contributed by atoms with Crippen LogP contribution in [0.4, 0.5) is 0 Å². The van der Waals surface area contributed by atoms with Crippen molar-refractivity contribution in [2.45, 2.75) is 59.3 Å². The summed E-state index contributed by atoms with van der Waals surface area (Å²) in [6.45, 7) is 11.6. The maximum Gasteiger partial charge on any atom is 0.231 e. The molecule has 2 unspecified atom stereocenters. The Kier molecular flexibility index (Phi) is 9.50. The first-order valence-corrected chi connectivity index (χ1v) is 11.1. The standard InChI is InChI=1S/C24H37N2O2.Y/c1-4-26(18-22(27)16-23-19(2)10-8-11-20(23)3)15-9-12-21(17-26)24(28)25-13-6-5-7-14-25;/h8,10-11,21H,4-7,9,12-18H2,1-3H3;/q+1;. The Labute approximate surface area is 201 Å². The van der Waals surface area contributed by atoms with Crippen LogP contribution in [-0.2, 0) is 48.7 Å². The van der Waals surface area contributed by atoms with Gasteiger partial charge in [0.05, 0.1) is 25.6 Å². The van der Waals surface area contributed by atoms with E-state index in [1.807, 2.05) is 0 Å². The second-order valence-corrected chi connectivity index (χ2v) is 9.03. The number of likely N-dealkylation sites (tertiary alicyclic amines) is 2. The Balaban J connectivity index is 0.00000300. The van der Waals surface area contributed by atoms with E-state index in [0.717, 1.165) is 62.9 Å². The largest absolute Gasteiger partial charge is 0.342 e. The molecular formula is C24H37N2O2Y+. The maximum absolute atomic E-state index is 13.1. The van der Waals surface area contributed by atoms with Gasteiger partial charge in [-0.2, -0.15) is 0 Å². The minimum Gasteiger partial charge on any atom is -0.342 e. The van der Waals surface area contributed by atoms with Crippen molar-refractivity contribution in [2.24, 2.45) is 5.92 Å². The number of quaternary nitrogens is 1. The molecule has 4 nitrogen and oxygen atoms in total. The van der Waals surface area contributed by atoms with Gasteiger partial charge in [-0.05, 0) is 69.6 Å². The molecule has 1 radical (unpaired) electrons. The van der Waals surface area contributed by atoms with Gasteiger partial charge in [0.25, 0.3) is 0 Å². The molecule has 2 aliphatic heterocycles. The number of ketones is 1. The van der Waals surface area contributed by atoms with Crippen LogP contribution in [0.2, 0.25) is 0 Å². The number of Topliss-reactive ketones (excluding diaryl/α,β-unsaturated/α-hetero) is 1. The van der Waals surface area contributed by atoms with Gasteiger partial charge in [0.1, 0.15) is 6.54 Å². The molecule has 1 amide bonds. The third kappa shape index (κ3) is 6.21. The summed E-state index contributed by atoms with van der Waals surface area (Å²) < 4.78 is 0.786. The van der Waals surface area contributed by atoms with Crippen molar-refractivity contribution in [2.75, 3.05) is 39.3 Å². The average molecular weight is 474 g/mol. The van der Waals surface area contributed by atoms with Crippen LogP contribution < -0.4 is 0 Å². The molecule has 157 valence electrons. The SMILES string of the molecule is CC[N+]1(CC(=O)Cc2c(C)cccc2C)CCCC(C(=O)N2CCCCC2)C1.[Y]. The van der Waals surface area contributed by atoms with Crippen LogP contribution in [0.15, 0.2) is 18.2 Å². The molecule has 2 atom stereocenters. The van der Waals surface area contributed by atoms with Crippen LogP contribution in [0.3, 0.4) is 0 Å². The number of piperidine rings is 2. The molecule has 5 heteroatoms. The van der Waals surface area contributed by atoms with Crippen molar-refractivity contribution in [1.82, 2.24) is 4.90 Å². The fourth-order valence-corrected chi connectivity index (χ4v) is 5.19. The number of rotatable bonds is 6. The summed E-state index contributed by atoms with van der Waals surface area (Å²) in [6.07, 6.45) is 6.08. The summed E-state index contributed by atoms with van der Waals surface area (Å²) in [5.41, 5.74) is 3.58. The fraction of sp³-hybridized carbons (Fsp3) is 0.667. The summed E-state index contributed by atoms with van der Waals surface area (Å²) in [7, 11) is 0. The van der Waals surface area contributed by atoms with Crippen LogP contribution in [0.25, 0.3) is 0 Å². The van der Waals surface area contributed by atoms with Gasteiger partial charge in [-0.15, -0.1) is 0 Å². The van der Waals surface area contributed by atoms with Gasteiger partial charge in [-0.1, -0.05) is 18.2 Å². The summed E-state index contributed by atoms with van der Waals surface area (Å²) in [6, 6.07) is 6.24. The Morgan fingerprint density at radius 1 is 1.07 bits per heavy atom. The molecule has 0 aliphatic carbocycles. The van der Waals surface area contributed by atoms with E-state index in [4.69, 9.17) is 0 Å². The smallest absolute Gasteiger partial charge is 0.231 e. The van der Waals surface area contributed by atoms with Crippen molar-refractivity contribution in [1.29, 1.82) is 0 Å². The number of benzene rings is 1. The number of carbonyl (C=O) groups excluding carboxylic acids is 2. The topological polar surface area (TPSA) is 37.4 Å². The third-order valence-corrected chi connectivity index (χ3v) is 7.01. The normalized spacial score (nSPS) is 24.7. The van der Waals surface area contributed by atoms with Crippen LogP contribution in [-0.4, -0.2) is 60.3 Å². The Morgan fingerprint density at radius 2 is 1.72 bits per heavy atom. The van der Waals surface area contributed by atoms with Crippen LogP contribution in [0.5, 0.6) is 0 Å². The van der Waals surface area contributed by atoms with Crippen LogP contribution in [0.1, 0.15) is 55.7 Å². The molecule has 29 heavy (non-hydrogen) atoms. The molecule has 2 saturated heterocycles. The zero-order chi connectivity index (χ0) is 20.1. The molecule has 1 aromatic rings. The maximum atomic E-state index is 13.1. The quantitative estimate of drug-likeness (QED) is 0.590. The van der Waals surface area contributed by atoms with Crippen molar-refractivity contribution in [3.8, 4) is 0 Å². The molecular weight excluding hydrogens is 437 g/mol. The number of amides is 1. The molecule has 2 aliphatic rings. The fourth-order valence-electron chi connectivity index (χ4n) is 5.19. The Bertz CT molecular complexity index is 695. The first kappa shape index (κ1) is 24.7. The summed E-state index contributed by atoms with van der Waals surface area (Å²) >= 11 is 0. The van der Waals surface area contributed by atoms with Gasteiger partial charge in [0, 0.05) is 52.2 Å². The molecule has 0 spiro atoms. The molecule has 3 rings (SSSR count).